The number of hydrogen-bond acceptors (Lipinski definition) is 2. The van der Waals surface area contributed by atoms with E-state index in [9.17, 15) is 0 Å². The Morgan fingerprint density at radius 1 is 1.17 bits per heavy atom. The summed E-state index contributed by atoms with van der Waals surface area (Å²) in [5.74, 6) is 1.49. The maximum atomic E-state index is 6.01. The molecule has 0 bridgehead atoms. The molecule has 1 unspecified atom stereocenters. The molecule has 2 heteroatoms. The van der Waals surface area contributed by atoms with Gasteiger partial charge in [0.15, 0.2) is 0 Å². The van der Waals surface area contributed by atoms with Crippen molar-refractivity contribution in [2.24, 2.45) is 5.92 Å². The second-order valence-corrected chi connectivity index (χ2v) is 5.21. The van der Waals surface area contributed by atoms with Gasteiger partial charge in [-0.25, -0.2) is 0 Å². The van der Waals surface area contributed by atoms with E-state index < -0.39 is 0 Å². The minimum absolute atomic E-state index is 0.233. The van der Waals surface area contributed by atoms with Gasteiger partial charge in [-0.1, -0.05) is 39.3 Å². The number of benzene rings is 1. The molecule has 0 radical (unpaired) electrons. The lowest BCUT2D eigenvalue weighted by atomic mass is 10.1. The largest absolute Gasteiger partial charge is 0.489 e. The van der Waals surface area contributed by atoms with Crippen LogP contribution in [0.25, 0.3) is 0 Å². The Morgan fingerprint density at radius 2 is 1.83 bits per heavy atom. The SMILES string of the molecule is CCCCc1ccc(OC(CNC)C(C)C)cc1. The molecule has 0 saturated heterocycles. The van der Waals surface area contributed by atoms with Crippen molar-refractivity contribution in [1.82, 2.24) is 5.32 Å². The van der Waals surface area contributed by atoms with Crippen LogP contribution in [0.15, 0.2) is 24.3 Å². The van der Waals surface area contributed by atoms with E-state index in [0.29, 0.717) is 5.92 Å². The topological polar surface area (TPSA) is 21.3 Å². The van der Waals surface area contributed by atoms with Gasteiger partial charge in [-0.2, -0.15) is 0 Å². The predicted molar refractivity (Wildman–Crippen MR) is 78.2 cm³/mol. The molecule has 0 aliphatic rings. The molecule has 0 spiro atoms. The highest BCUT2D eigenvalue weighted by molar-refractivity contribution is 5.27. The second-order valence-electron chi connectivity index (χ2n) is 5.21. The molecule has 0 heterocycles. The lowest BCUT2D eigenvalue weighted by molar-refractivity contribution is 0.151. The molecule has 102 valence electrons. The lowest BCUT2D eigenvalue weighted by Gasteiger charge is -2.22. The summed E-state index contributed by atoms with van der Waals surface area (Å²) in [4.78, 5) is 0. The van der Waals surface area contributed by atoms with E-state index >= 15 is 0 Å². The molecule has 2 nitrogen and oxygen atoms in total. The molecular formula is C16H27NO. The van der Waals surface area contributed by atoms with Crippen LogP contribution >= 0.6 is 0 Å². The van der Waals surface area contributed by atoms with Crippen LogP contribution in [0.1, 0.15) is 39.2 Å². The van der Waals surface area contributed by atoms with Crippen molar-refractivity contribution in [2.45, 2.75) is 46.1 Å². The van der Waals surface area contributed by atoms with Gasteiger partial charge in [0.1, 0.15) is 11.9 Å². The highest BCUT2D eigenvalue weighted by Crippen LogP contribution is 2.17. The summed E-state index contributed by atoms with van der Waals surface area (Å²) in [5, 5.41) is 3.18. The van der Waals surface area contributed by atoms with Crippen molar-refractivity contribution in [1.29, 1.82) is 0 Å². The minimum atomic E-state index is 0.233. The van der Waals surface area contributed by atoms with Crippen LogP contribution in [-0.2, 0) is 6.42 Å². The first-order chi connectivity index (χ1) is 8.67. The van der Waals surface area contributed by atoms with Crippen molar-refractivity contribution < 1.29 is 4.74 Å². The summed E-state index contributed by atoms with van der Waals surface area (Å²) in [6.45, 7) is 7.49. The minimum Gasteiger partial charge on any atom is -0.489 e. The van der Waals surface area contributed by atoms with Gasteiger partial charge in [-0.3, -0.25) is 0 Å². The zero-order valence-electron chi connectivity index (χ0n) is 12.2. The molecule has 1 atom stereocenters. The Hall–Kier alpha value is -1.02. The normalized spacial score (nSPS) is 12.7. The fourth-order valence-electron chi connectivity index (χ4n) is 1.91. The molecule has 18 heavy (non-hydrogen) atoms. The first-order valence-electron chi connectivity index (χ1n) is 7.07. The van der Waals surface area contributed by atoms with E-state index in [0.717, 1.165) is 12.3 Å². The average molecular weight is 249 g/mol. The molecule has 1 rings (SSSR count). The molecule has 0 aromatic heterocycles. The molecule has 1 aromatic carbocycles. The highest BCUT2D eigenvalue weighted by atomic mass is 16.5. The lowest BCUT2D eigenvalue weighted by Crippen LogP contribution is -2.33. The Balaban J connectivity index is 2.55. The van der Waals surface area contributed by atoms with E-state index in [-0.39, 0.29) is 6.10 Å². The van der Waals surface area contributed by atoms with E-state index in [1.807, 2.05) is 7.05 Å². The molecular weight excluding hydrogens is 222 g/mol. The zero-order chi connectivity index (χ0) is 13.4. The van der Waals surface area contributed by atoms with Gasteiger partial charge in [0.05, 0.1) is 0 Å². The Bertz CT molecular complexity index is 318. The van der Waals surface area contributed by atoms with Crippen LogP contribution in [0, 0.1) is 5.92 Å². The summed E-state index contributed by atoms with van der Waals surface area (Å²) in [5.41, 5.74) is 1.40. The molecule has 0 aliphatic carbocycles. The number of likely N-dealkylation sites (N-methyl/N-ethyl adjacent to an activating group) is 1. The predicted octanol–water partition coefficient (Wildman–Crippen LogP) is 3.65. The monoisotopic (exact) mass is 249 g/mol. The first kappa shape index (κ1) is 15.0. The molecule has 0 fully saturated rings. The molecule has 0 amide bonds. The summed E-state index contributed by atoms with van der Waals surface area (Å²) in [6, 6.07) is 8.55. The number of aryl methyl sites for hydroxylation is 1. The Morgan fingerprint density at radius 3 is 2.33 bits per heavy atom. The summed E-state index contributed by atoms with van der Waals surface area (Å²) >= 11 is 0. The van der Waals surface area contributed by atoms with Gasteiger partial charge >= 0.3 is 0 Å². The smallest absolute Gasteiger partial charge is 0.119 e. The third-order valence-corrected chi connectivity index (χ3v) is 3.18. The number of nitrogens with one attached hydrogen (secondary N) is 1. The van der Waals surface area contributed by atoms with E-state index in [1.54, 1.807) is 0 Å². The van der Waals surface area contributed by atoms with Crippen molar-refractivity contribution >= 4 is 0 Å². The number of rotatable bonds is 8. The first-order valence-corrected chi connectivity index (χ1v) is 7.07. The average Bonchev–Trinajstić information content (AvgIpc) is 2.37. The van der Waals surface area contributed by atoms with Crippen LogP contribution < -0.4 is 10.1 Å². The van der Waals surface area contributed by atoms with E-state index in [4.69, 9.17) is 4.74 Å². The summed E-state index contributed by atoms with van der Waals surface area (Å²) in [6.07, 6.45) is 3.90. The van der Waals surface area contributed by atoms with Crippen LogP contribution in [0.5, 0.6) is 5.75 Å². The fourth-order valence-corrected chi connectivity index (χ4v) is 1.91. The number of unbranched alkanes of at least 4 members (excludes halogenated alkanes) is 1. The molecule has 1 aromatic rings. The van der Waals surface area contributed by atoms with Crippen LogP contribution in [0.2, 0.25) is 0 Å². The van der Waals surface area contributed by atoms with Gasteiger partial charge in [0, 0.05) is 6.54 Å². The second kappa shape index (κ2) is 8.15. The van der Waals surface area contributed by atoms with Crippen molar-refractivity contribution in [3.05, 3.63) is 29.8 Å². The van der Waals surface area contributed by atoms with Gasteiger partial charge in [0.25, 0.3) is 0 Å². The summed E-state index contributed by atoms with van der Waals surface area (Å²) in [7, 11) is 1.96. The highest BCUT2D eigenvalue weighted by Gasteiger charge is 2.13. The molecule has 1 N–H and O–H groups in total. The van der Waals surface area contributed by atoms with Crippen molar-refractivity contribution in [3.8, 4) is 5.75 Å². The Kier molecular flexibility index (Phi) is 6.81. The maximum Gasteiger partial charge on any atom is 0.119 e. The van der Waals surface area contributed by atoms with Crippen LogP contribution in [0.3, 0.4) is 0 Å². The van der Waals surface area contributed by atoms with E-state index in [2.05, 4.69) is 50.4 Å². The number of ether oxygens (including phenoxy) is 1. The van der Waals surface area contributed by atoms with Crippen LogP contribution in [-0.4, -0.2) is 19.7 Å². The molecule has 0 aliphatic heterocycles. The fraction of sp³-hybridized carbons (Fsp3) is 0.625. The van der Waals surface area contributed by atoms with Gasteiger partial charge in [0.2, 0.25) is 0 Å². The zero-order valence-corrected chi connectivity index (χ0v) is 12.2. The third kappa shape index (κ3) is 5.09. The summed E-state index contributed by atoms with van der Waals surface area (Å²) < 4.78 is 6.01. The molecule has 0 saturated carbocycles. The van der Waals surface area contributed by atoms with Gasteiger partial charge < -0.3 is 10.1 Å². The van der Waals surface area contributed by atoms with Gasteiger partial charge in [-0.15, -0.1) is 0 Å². The maximum absolute atomic E-state index is 6.01. The van der Waals surface area contributed by atoms with Crippen molar-refractivity contribution in [2.75, 3.05) is 13.6 Å². The van der Waals surface area contributed by atoms with Crippen LogP contribution in [0.4, 0.5) is 0 Å². The van der Waals surface area contributed by atoms with Gasteiger partial charge in [-0.05, 0) is 43.5 Å². The number of hydrogen-bond donors (Lipinski definition) is 1. The quantitative estimate of drug-likeness (QED) is 0.759. The standard InChI is InChI=1S/C16H27NO/c1-5-6-7-14-8-10-15(11-9-14)18-16(12-17-4)13(2)3/h8-11,13,16-17H,5-7,12H2,1-4H3. The van der Waals surface area contributed by atoms with E-state index in [1.165, 1.54) is 24.8 Å². The van der Waals surface area contributed by atoms with Crippen molar-refractivity contribution in [3.63, 3.8) is 0 Å². The third-order valence-electron chi connectivity index (χ3n) is 3.18. The Labute approximate surface area is 112 Å².